The maximum absolute atomic E-state index is 11.4. The number of carbonyl (C=O) groups excluding carboxylic acids is 1. The lowest BCUT2D eigenvalue weighted by Gasteiger charge is -2.32. The Balaban J connectivity index is 1.66. The second-order valence-corrected chi connectivity index (χ2v) is 7.17. The van der Waals surface area contributed by atoms with Crippen LogP contribution in [0.1, 0.15) is 16.8 Å². The summed E-state index contributed by atoms with van der Waals surface area (Å²) < 4.78 is 1.74. The number of anilines is 1. The molecule has 6 nitrogen and oxygen atoms in total. The molecular weight excluding hydrogens is 346 g/mol. The van der Waals surface area contributed by atoms with Crippen molar-refractivity contribution >= 4 is 29.1 Å². The zero-order chi connectivity index (χ0) is 17.5. The molecule has 0 bridgehead atoms. The van der Waals surface area contributed by atoms with E-state index < -0.39 is 0 Å². The molecule has 5 rings (SSSR count). The second kappa shape index (κ2) is 6.03. The van der Waals surface area contributed by atoms with Crippen molar-refractivity contribution < 1.29 is 4.79 Å². The molecule has 0 atom stereocenters. The van der Waals surface area contributed by atoms with Gasteiger partial charge in [-0.3, -0.25) is 4.79 Å². The fourth-order valence-corrected chi connectivity index (χ4v) is 3.76. The number of hydrogen-bond acceptors (Lipinski definition) is 6. The van der Waals surface area contributed by atoms with Crippen LogP contribution >= 0.6 is 11.3 Å². The first kappa shape index (κ1) is 15.2. The topological polar surface area (TPSA) is 63.4 Å². The minimum atomic E-state index is 0.616. The van der Waals surface area contributed by atoms with Crippen LogP contribution in [0.4, 0.5) is 5.82 Å². The van der Waals surface area contributed by atoms with E-state index in [2.05, 4.69) is 10.00 Å². The number of thiophene rings is 1. The predicted octanol–water partition coefficient (Wildman–Crippen LogP) is 3.54. The van der Waals surface area contributed by atoms with E-state index in [4.69, 9.17) is 9.97 Å². The Kier molecular flexibility index (Phi) is 3.53. The molecule has 0 saturated carbocycles. The largest absolute Gasteiger partial charge is 0.356 e. The maximum Gasteiger partial charge on any atom is 0.165 e. The highest BCUT2D eigenvalue weighted by Crippen LogP contribution is 2.29. The number of fused-ring (bicyclic) bond motifs is 1. The third-order valence-corrected chi connectivity index (χ3v) is 5.46. The van der Waals surface area contributed by atoms with E-state index in [1.807, 2.05) is 35.8 Å². The first-order chi connectivity index (χ1) is 12.8. The van der Waals surface area contributed by atoms with Gasteiger partial charge in [0.15, 0.2) is 5.65 Å². The number of aldehydes is 1. The highest BCUT2D eigenvalue weighted by atomic mass is 32.1. The highest BCUT2D eigenvalue weighted by molar-refractivity contribution is 7.13. The summed E-state index contributed by atoms with van der Waals surface area (Å²) in [5.74, 6) is 0.838. The first-order valence-electron chi connectivity index (χ1n) is 8.43. The van der Waals surface area contributed by atoms with Gasteiger partial charge < -0.3 is 4.90 Å². The van der Waals surface area contributed by atoms with Crippen molar-refractivity contribution in [3.63, 3.8) is 0 Å². The van der Waals surface area contributed by atoms with E-state index >= 15 is 0 Å². The molecule has 0 radical (unpaired) electrons. The molecule has 26 heavy (non-hydrogen) atoms. The van der Waals surface area contributed by atoms with Crippen molar-refractivity contribution in [3.8, 4) is 21.8 Å². The van der Waals surface area contributed by atoms with Crippen LogP contribution in [-0.4, -0.2) is 39.0 Å². The van der Waals surface area contributed by atoms with Crippen LogP contribution in [0.15, 0.2) is 48.1 Å². The fourth-order valence-electron chi connectivity index (χ4n) is 3.06. The lowest BCUT2D eigenvalue weighted by molar-refractivity contribution is 0.112. The summed E-state index contributed by atoms with van der Waals surface area (Å²) >= 11 is 1.65. The van der Waals surface area contributed by atoms with E-state index in [9.17, 15) is 4.79 Å². The van der Waals surface area contributed by atoms with Gasteiger partial charge in [-0.25, -0.2) is 14.5 Å². The Morgan fingerprint density at radius 1 is 1.12 bits per heavy atom. The number of nitrogens with zero attached hydrogens (tertiary/aromatic N) is 5. The highest BCUT2D eigenvalue weighted by Gasteiger charge is 2.19. The Labute approximate surface area is 153 Å². The molecule has 0 N–H and O–H groups in total. The minimum Gasteiger partial charge on any atom is -0.356 e. The van der Waals surface area contributed by atoms with Gasteiger partial charge in [0, 0.05) is 24.8 Å². The van der Waals surface area contributed by atoms with Crippen LogP contribution in [0, 0.1) is 0 Å². The van der Waals surface area contributed by atoms with E-state index in [-0.39, 0.29) is 0 Å². The average molecular weight is 361 g/mol. The molecule has 0 aliphatic carbocycles. The molecule has 4 aromatic rings. The molecule has 1 aliphatic heterocycles. The van der Waals surface area contributed by atoms with E-state index in [1.165, 1.54) is 0 Å². The number of pyridine rings is 1. The van der Waals surface area contributed by atoms with Crippen molar-refractivity contribution in [2.75, 3.05) is 18.0 Å². The molecule has 0 spiro atoms. The number of aromatic nitrogens is 4. The Morgan fingerprint density at radius 3 is 2.77 bits per heavy atom. The molecule has 0 aromatic carbocycles. The lowest BCUT2D eigenvalue weighted by atomic mass is 10.1. The summed E-state index contributed by atoms with van der Waals surface area (Å²) in [6, 6.07) is 9.65. The molecule has 5 heterocycles. The maximum atomic E-state index is 11.4. The predicted molar refractivity (Wildman–Crippen MR) is 102 cm³/mol. The van der Waals surface area contributed by atoms with E-state index in [0.717, 1.165) is 59.1 Å². The standard InChI is InChI=1S/C19H15N5OS/c25-12-13-9-16(21-18(10-13)23-5-2-6-23)14-11-20-24-7-4-15(22-19(14)24)17-3-1-8-26-17/h1,3-4,7-12H,2,5-6H2. The summed E-state index contributed by atoms with van der Waals surface area (Å²) in [6.07, 6.45) is 5.69. The molecule has 0 unspecified atom stereocenters. The smallest absolute Gasteiger partial charge is 0.165 e. The van der Waals surface area contributed by atoms with Gasteiger partial charge in [-0.05, 0) is 36.1 Å². The SMILES string of the molecule is O=Cc1cc(-c2cnn3ccc(-c4cccs4)nc23)nc(N2CCC2)c1. The van der Waals surface area contributed by atoms with Crippen molar-refractivity contribution in [2.24, 2.45) is 0 Å². The molecule has 4 aromatic heterocycles. The normalized spacial score (nSPS) is 13.8. The third-order valence-electron chi connectivity index (χ3n) is 4.57. The van der Waals surface area contributed by atoms with Gasteiger partial charge in [0.25, 0.3) is 0 Å². The number of hydrogen-bond donors (Lipinski definition) is 0. The van der Waals surface area contributed by atoms with E-state index in [1.54, 1.807) is 28.1 Å². The average Bonchev–Trinajstić information content (AvgIpc) is 3.29. The fraction of sp³-hybridized carbons (Fsp3) is 0.158. The van der Waals surface area contributed by atoms with Gasteiger partial charge >= 0.3 is 0 Å². The van der Waals surface area contributed by atoms with Gasteiger partial charge in [-0.15, -0.1) is 11.3 Å². The quantitative estimate of drug-likeness (QED) is 0.520. The van der Waals surface area contributed by atoms with Crippen LogP contribution in [-0.2, 0) is 0 Å². The monoisotopic (exact) mass is 361 g/mol. The Bertz CT molecular complexity index is 1100. The van der Waals surface area contributed by atoms with Gasteiger partial charge in [-0.2, -0.15) is 5.10 Å². The molecule has 1 aliphatic rings. The van der Waals surface area contributed by atoms with Gasteiger partial charge in [0.2, 0.25) is 0 Å². The van der Waals surface area contributed by atoms with Crippen LogP contribution in [0.5, 0.6) is 0 Å². The second-order valence-electron chi connectivity index (χ2n) is 6.22. The first-order valence-corrected chi connectivity index (χ1v) is 9.31. The van der Waals surface area contributed by atoms with Gasteiger partial charge in [0.1, 0.15) is 12.1 Å². The summed E-state index contributed by atoms with van der Waals surface area (Å²) in [5, 5.41) is 6.43. The zero-order valence-corrected chi connectivity index (χ0v) is 14.7. The molecule has 128 valence electrons. The summed E-state index contributed by atoms with van der Waals surface area (Å²) in [6.45, 7) is 1.95. The molecule has 0 amide bonds. The van der Waals surface area contributed by atoms with Crippen molar-refractivity contribution in [2.45, 2.75) is 6.42 Å². The summed E-state index contributed by atoms with van der Waals surface area (Å²) in [5.41, 5.74) is 3.81. The van der Waals surface area contributed by atoms with Crippen molar-refractivity contribution in [3.05, 3.63) is 53.7 Å². The summed E-state index contributed by atoms with van der Waals surface area (Å²) in [4.78, 5) is 24.2. The van der Waals surface area contributed by atoms with Crippen LogP contribution in [0.3, 0.4) is 0 Å². The van der Waals surface area contributed by atoms with Gasteiger partial charge in [-0.1, -0.05) is 6.07 Å². The molecular formula is C19H15N5OS. The number of carbonyl (C=O) groups is 1. The van der Waals surface area contributed by atoms with Crippen LogP contribution < -0.4 is 4.90 Å². The van der Waals surface area contributed by atoms with Crippen molar-refractivity contribution in [1.82, 2.24) is 19.6 Å². The lowest BCUT2D eigenvalue weighted by Crippen LogP contribution is -2.37. The number of rotatable bonds is 4. The van der Waals surface area contributed by atoms with Crippen LogP contribution in [0.2, 0.25) is 0 Å². The minimum absolute atomic E-state index is 0.616. The van der Waals surface area contributed by atoms with Crippen LogP contribution in [0.25, 0.3) is 27.5 Å². The zero-order valence-electron chi connectivity index (χ0n) is 13.9. The van der Waals surface area contributed by atoms with E-state index in [0.29, 0.717) is 5.56 Å². The third kappa shape index (κ3) is 2.48. The Hall–Kier alpha value is -3.06. The summed E-state index contributed by atoms with van der Waals surface area (Å²) in [7, 11) is 0. The molecule has 1 fully saturated rings. The van der Waals surface area contributed by atoms with Gasteiger partial charge in [0.05, 0.1) is 28.0 Å². The van der Waals surface area contributed by atoms with Crippen molar-refractivity contribution in [1.29, 1.82) is 0 Å². The Morgan fingerprint density at radius 2 is 2.04 bits per heavy atom. The molecule has 7 heteroatoms. The molecule has 1 saturated heterocycles.